The van der Waals surface area contributed by atoms with Gasteiger partial charge in [0.1, 0.15) is 0 Å². The quantitative estimate of drug-likeness (QED) is 0.706. The maximum atomic E-state index is 13.3. The van der Waals surface area contributed by atoms with Crippen LogP contribution < -0.4 is 10.6 Å². The summed E-state index contributed by atoms with van der Waals surface area (Å²) in [5.41, 5.74) is 7.38. The Morgan fingerprint density at radius 3 is 2.14 bits per heavy atom. The predicted molar refractivity (Wildman–Crippen MR) is 116 cm³/mol. The van der Waals surface area contributed by atoms with Crippen molar-refractivity contribution in [2.75, 3.05) is 18.0 Å². The van der Waals surface area contributed by atoms with Gasteiger partial charge in [0, 0.05) is 31.2 Å². The number of para-hydroxylation sites is 1. The van der Waals surface area contributed by atoms with E-state index in [0.717, 1.165) is 25.1 Å². The molecule has 2 N–H and O–H groups in total. The molecule has 154 valence electrons. The van der Waals surface area contributed by atoms with Crippen LogP contribution in [0.2, 0.25) is 0 Å². The van der Waals surface area contributed by atoms with Gasteiger partial charge in [0.2, 0.25) is 11.8 Å². The number of hydrogen-bond acceptors (Lipinski definition) is 3. The van der Waals surface area contributed by atoms with Gasteiger partial charge in [-0.05, 0) is 30.5 Å². The van der Waals surface area contributed by atoms with E-state index in [4.69, 9.17) is 5.73 Å². The third-order valence-electron chi connectivity index (χ3n) is 5.61. The van der Waals surface area contributed by atoms with Gasteiger partial charge in [0.05, 0.1) is 6.54 Å². The van der Waals surface area contributed by atoms with Crippen molar-refractivity contribution in [2.24, 2.45) is 5.73 Å². The van der Waals surface area contributed by atoms with Gasteiger partial charge >= 0.3 is 0 Å². The normalized spacial score (nSPS) is 14.7. The number of amides is 2. The van der Waals surface area contributed by atoms with Crippen molar-refractivity contribution in [1.29, 1.82) is 0 Å². The van der Waals surface area contributed by atoms with E-state index >= 15 is 0 Å². The number of nitrogens with zero attached hydrogens (tertiary/aromatic N) is 2. The molecule has 0 unspecified atom stereocenters. The summed E-state index contributed by atoms with van der Waals surface area (Å²) >= 11 is 0. The number of benzene rings is 2. The molecule has 0 aromatic heterocycles. The average molecular weight is 394 g/mol. The maximum absolute atomic E-state index is 13.3. The van der Waals surface area contributed by atoms with Gasteiger partial charge in [-0.3, -0.25) is 14.5 Å². The van der Waals surface area contributed by atoms with E-state index in [2.05, 4.69) is 17.0 Å². The highest BCUT2D eigenvalue weighted by Crippen LogP contribution is 2.25. The Balaban J connectivity index is 1.77. The van der Waals surface area contributed by atoms with Crippen LogP contribution in [0.1, 0.15) is 44.1 Å². The van der Waals surface area contributed by atoms with E-state index in [-0.39, 0.29) is 12.3 Å². The Hall–Kier alpha value is -2.66. The van der Waals surface area contributed by atoms with E-state index in [1.807, 2.05) is 48.5 Å². The number of carbonyl (C=O) groups excluding carboxylic acids is 2. The van der Waals surface area contributed by atoms with Crippen LogP contribution in [-0.2, 0) is 16.1 Å². The highest BCUT2D eigenvalue weighted by atomic mass is 16.2. The summed E-state index contributed by atoms with van der Waals surface area (Å²) in [6, 6.07) is 20.3. The van der Waals surface area contributed by atoms with Crippen LogP contribution >= 0.6 is 0 Å². The van der Waals surface area contributed by atoms with E-state index in [0.29, 0.717) is 19.1 Å². The lowest BCUT2D eigenvalue weighted by molar-refractivity contribution is -0.121. The molecule has 0 heterocycles. The smallest absolute Gasteiger partial charge is 0.241 e. The minimum Gasteiger partial charge on any atom is -0.370 e. The van der Waals surface area contributed by atoms with Crippen molar-refractivity contribution in [3.8, 4) is 0 Å². The molecule has 5 nitrogen and oxygen atoms in total. The van der Waals surface area contributed by atoms with Gasteiger partial charge in [-0.25, -0.2) is 0 Å². The highest BCUT2D eigenvalue weighted by Gasteiger charge is 2.26. The molecule has 2 amide bonds. The van der Waals surface area contributed by atoms with Crippen molar-refractivity contribution in [3.05, 3.63) is 66.2 Å². The zero-order valence-electron chi connectivity index (χ0n) is 17.0. The standard InChI is InChI=1S/C24H31N3O2/c25-23(28)16-17-27(22-14-8-3-9-15-22)24(29)19-26(21-12-6-2-7-13-21)18-20-10-4-1-5-11-20/h1,3-5,8-11,14-15,21H,2,6-7,12-13,16-19H2,(H2,25,28). The molecule has 3 rings (SSSR count). The molecule has 1 saturated carbocycles. The van der Waals surface area contributed by atoms with Crippen LogP contribution in [0, 0.1) is 0 Å². The molecular weight excluding hydrogens is 362 g/mol. The zero-order chi connectivity index (χ0) is 20.5. The number of nitrogens with two attached hydrogens (primary N) is 1. The zero-order valence-corrected chi connectivity index (χ0v) is 17.0. The molecule has 5 heteroatoms. The largest absolute Gasteiger partial charge is 0.370 e. The first-order valence-electron chi connectivity index (χ1n) is 10.5. The topological polar surface area (TPSA) is 66.6 Å². The Kier molecular flexibility index (Phi) is 7.82. The first kappa shape index (κ1) is 21.1. The summed E-state index contributed by atoms with van der Waals surface area (Å²) in [6.45, 7) is 1.41. The van der Waals surface area contributed by atoms with Crippen LogP contribution in [-0.4, -0.2) is 35.8 Å². The lowest BCUT2D eigenvalue weighted by Gasteiger charge is -2.35. The molecule has 0 atom stereocenters. The summed E-state index contributed by atoms with van der Waals surface area (Å²) in [5, 5.41) is 0. The second-order valence-corrected chi connectivity index (χ2v) is 7.78. The van der Waals surface area contributed by atoms with Gasteiger partial charge < -0.3 is 10.6 Å². The average Bonchev–Trinajstić information content (AvgIpc) is 2.75. The molecule has 1 fully saturated rings. The molecular formula is C24H31N3O2. The fourth-order valence-corrected chi connectivity index (χ4v) is 4.07. The molecule has 0 bridgehead atoms. The summed E-state index contributed by atoms with van der Waals surface area (Å²) in [5.74, 6) is -0.383. The fraction of sp³-hybridized carbons (Fsp3) is 0.417. The van der Waals surface area contributed by atoms with Crippen LogP contribution in [0.25, 0.3) is 0 Å². The SMILES string of the molecule is NC(=O)CCN(C(=O)CN(Cc1ccccc1)C1CCCCC1)c1ccccc1. The molecule has 29 heavy (non-hydrogen) atoms. The molecule has 0 saturated heterocycles. The van der Waals surface area contributed by atoms with E-state index in [1.165, 1.54) is 24.8 Å². The molecule has 1 aliphatic rings. The van der Waals surface area contributed by atoms with Crippen molar-refractivity contribution < 1.29 is 9.59 Å². The molecule has 2 aromatic rings. The van der Waals surface area contributed by atoms with Crippen LogP contribution in [0.4, 0.5) is 5.69 Å². The highest BCUT2D eigenvalue weighted by molar-refractivity contribution is 5.95. The lowest BCUT2D eigenvalue weighted by atomic mass is 9.93. The van der Waals surface area contributed by atoms with Gasteiger partial charge in [0.25, 0.3) is 0 Å². The Bertz CT molecular complexity index is 773. The number of primary amides is 1. The lowest BCUT2D eigenvalue weighted by Crippen LogP contribution is -2.45. The maximum Gasteiger partial charge on any atom is 0.241 e. The minimum atomic E-state index is -0.396. The van der Waals surface area contributed by atoms with E-state index in [9.17, 15) is 9.59 Å². The molecule has 0 spiro atoms. The van der Waals surface area contributed by atoms with Crippen LogP contribution in [0.3, 0.4) is 0 Å². The van der Waals surface area contributed by atoms with E-state index in [1.54, 1.807) is 4.90 Å². The van der Waals surface area contributed by atoms with Crippen molar-refractivity contribution >= 4 is 17.5 Å². The van der Waals surface area contributed by atoms with Crippen molar-refractivity contribution in [2.45, 2.75) is 51.1 Å². The van der Waals surface area contributed by atoms with Gasteiger partial charge in [-0.15, -0.1) is 0 Å². The predicted octanol–water partition coefficient (Wildman–Crippen LogP) is 3.73. The number of anilines is 1. The second-order valence-electron chi connectivity index (χ2n) is 7.78. The molecule has 1 aliphatic carbocycles. The monoisotopic (exact) mass is 393 g/mol. The van der Waals surface area contributed by atoms with E-state index < -0.39 is 5.91 Å². The summed E-state index contributed by atoms with van der Waals surface area (Å²) in [4.78, 5) is 28.7. The Morgan fingerprint density at radius 2 is 1.52 bits per heavy atom. The van der Waals surface area contributed by atoms with Gasteiger partial charge in [-0.1, -0.05) is 67.8 Å². The summed E-state index contributed by atoms with van der Waals surface area (Å²) in [6.07, 6.45) is 6.13. The van der Waals surface area contributed by atoms with Crippen LogP contribution in [0.15, 0.2) is 60.7 Å². The summed E-state index contributed by atoms with van der Waals surface area (Å²) in [7, 11) is 0. The molecule has 0 radical (unpaired) electrons. The number of carbonyl (C=O) groups is 2. The third-order valence-corrected chi connectivity index (χ3v) is 5.61. The first-order valence-corrected chi connectivity index (χ1v) is 10.5. The number of rotatable bonds is 9. The van der Waals surface area contributed by atoms with Gasteiger partial charge in [-0.2, -0.15) is 0 Å². The fourth-order valence-electron chi connectivity index (χ4n) is 4.07. The Morgan fingerprint density at radius 1 is 0.897 bits per heavy atom. The summed E-state index contributed by atoms with van der Waals surface area (Å²) < 4.78 is 0. The molecule has 0 aliphatic heterocycles. The van der Waals surface area contributed by atoms with Crippen molar-refractivity contribution in [3.63, 3.8) is 0 Å². The first-order chi connectivity index (χ1) is 14.1. The molecule has 2 aromatic carbocycles. The van der Waals surface area contributed by atoms with Gasteiger partial charge in [0.15, 0.2) is 0 Å². The minimum absolute atomic E-state index is 0.0129. The number of hydrogen-bond donors (Lipinski definition) is 1. The van der Waals surface area contributed by atoms with Crippen LogP contribution in [0.5, 0.6) is 0 Å². The third kappa shape index (κ3) is 6.43. The second kappa shape index (κ2) is 10.8. The van der Waals surface area contributed by atoms with Crippen molar-refractivity contribution in [1.82, 2.24) is 4.90 Å². The Labute approximate surface area is 173 Å².